The summed E-state index contributed by atoms with van der Waals surface area (Å²) in [6.07, 6.45) is 0.747. The van der Waals surface area contributed by atoms with Crippen LogP contribution in [0.5, 0.6) is 0 Å². The Kier molecular flexibility index (Phi) is 3.41. The van der Waals surface area contributed by atoms with E-state index in [9.17, 15) is 4.79 Å². The van der Waals surface area contributed by atoms with Crippen molar-refractivity contribution in [3.05, 3.63) is 23.7 Å². The summed E-state index contributed by atoms with van der Waals surface area (Å²) in [5.41, 5.74) is 0. The van der Waals surface area contributed by atoms with Crippen LogP contribution >= 0.6 is 0 Å². The molecule has 1 aromatic heterocycles. The van der Waals surface area contributed by atoms with E-state index in [0.717, 1.165) is 38.2 Å². The number of likely N-dealkylation sites (N-methyl/N-ethyl adjacent to an activating group) is 1. The van der Waals surface area contributed by atoms with Gasteiger partial charge in [-0.1, -0.05) is 0 Å². The molecule has 4 nitrogen and oxygen atoms in total. The molecular weight excluding hydrogens is 204 g/mol. The molecule has 0 radical (unpaired) electrons. The van der Waals surface area contributed by atoms with Crippen LogP contribution in [0.25, 0.3) is 0 Å². The predicted octanol–water partition coefficient (Wildman–Crippen LogP) is 1.23. The largest absolute Gasteiger partial charge is 0.457 e. The molecule has 0 aliphatic carbocycles. The molecule has 0 amide bonds. The van der Waals surface area contributed by atoms with Gasteiger partial charge in [-0.25, -0.2) is 0 Å². The summed E-state index contributed by atoms with van der Waals surface area (Å²) >= 11 is 0. The Bertz CT molecular complexity index is 362. The maximum absolute atomic E-state index is 10.5. The van der Waals surface area contributed by atoms with Crippen molar-refractivity contribution in [2.24, 2.45) is 0 Å². The molecule has 1 unspecified atom stereocenters. The van der Waals surface area contributed by atoms with E-state index in [2.05, 4.69) is 23.8 Å². The molecule has 2 rings (SSSR count). The smallest absolute Gasteiger partial charge is 0.185 e. The molecule has 1 saturated heterocycles. The van der Waals surface area contributed by atoms with Gasteiger partial charge in [0.1, 0.15) is 5.76 Å². The second-order valence-corrected chi connectivity index (χ2v) is 4.50. The van der Waals surface area contributed by atoms with E-state index in [1.165, 1.54) is 0 Å². The average molecular weight is 222 g/mol. The first-order valence-electron chi connectivity index (χ1n) is 5.65. The van der Waals surface area contributed by atoms with Gasteiger partial charge in [0.2, 0.25) is 0 Å². The molecule has 1 fully saturated rings. The van der Waals surface area contributed by atoms with Gasteiger partial charge in [0.05, 0.1) is 6.54 Å². The minimum Gasteiger partial charge on any atom is -0.457 e. The molecule has 16 heavy (non-hydrogen) atoms. The van der Waals surface area contributed by atoms with E-state index in [1.54, 1.807) is 6.07 Å². The van der Waals surface area contributed by atoms with Crippen LogP contribution in [-0.2, 0) is 6.54 Å². The van der Waals surface area contributed by atoms with Gasteiger partial charge in [0.15, 0.2) is 12.0 Å². The van der Waals surface area contributed by atoms with Gasteiger partial charge in [-0.2, -0.15) is 0 Å². The van der Waals surface area contributed by atoms with Crippen molar-refractivity contribution in [1.82, 2.24) is 9.80 Å². The van der Waals surface area contributed by atoms with Crippen LogP contribution in [0.3, 0.4) is 0 Å². The van der Waals surface area contributed by atoms with Gasteiger partial charge in [0, 0.05) is 25.7 Å². The molecule has 1 aliphatic heterocycles. The number of hydrogen-bond donors (Lipinski definition) is 0. The van der Waals surface area contributed by atoms with Gasteiger partial charge >= 0.3 is 0 Å². The molecule has 0 N–H and O–H groups in total. The fourth-order valence-corrected chi connectivity index (χ4v) is 2.16. The molecule has 1 aromatic rings. The lowest BCUT2D eigenvalue weighted by atomic mass is 10.2. The lowest BCUT2D eigenvalue weighted by Crippen LogP contribution is -2.49. The maximum Gasteiger partial charge on any atom is 0.185 e. The van der Waals surface area contributed by atoms with Gasteiger partial charge in [0.25, 0.3) is 0 Å². The van der Waals surface area contributed by atoms with Crippen molar-refractivity contribution < 1.29 is 9.21 Å². The summed E-state index contributed by atoms with van der Waals surface area (Å²) < 4.78 is 5.39. The zero-order valence-corrected chi connectivity index (χ0v) is 9.85. The van der Waals surface area contributed by atoms with Crippen LogP contribution in [0.1, 0.15) is 23.2 Å². The molecule has 88 valence electrons. The quantitative estimate of drug-likeness (QED) is 0.721. The van der Waals surface area contributed by atoms with Gasteiger partial charge in [-0.05, 0) is 26.1 Å². The lowest BCUT2D eigenvalue weighted by molar-refractivity contribution is 0.0867. The number of carbonyl (C=O) groups excluding carboxylic acids is 1. The SMILES string of the molecule is CC1CN(C)CCN1Cc1ccc(C=O)o1. The van der Waals surface area contributed by atoms with E-state index in [0.29, 0.717) is 11.8 Å². The summed E-state index contributed by atoms with van der Waals surface area (Å²) in [5, 5.41) is 0. The maximum atomic E-state index is 10.5. The van der Waals surface area contributed by atoms with Crippen molar-refractivity contribution in [3.8, 4) is 0 Å². The highest BCUT2D eigenvalue weighted by Gasteiger charge is 2.22. The number of hydrogen-bond acceptors (Lipinski definition) is 4. The first-order valence-corrected chi connectivity index (χ1v) is 5.65. The first kappa shape index (κ1) is 11.4. The van der Waals surface area contributed by atoms with E-state index in [1.807, 2.05) is 6.07 Å². The summed E-state index contributed by atoms with van der Waals surface area (Å²) in [6, 6.07) is 4.14. The normalized spacial score (nSPS) is 23.5. The Morgan fingerprint density at radius 2 is 2.31 bits per heavy atom. The minimum atomic E-state index is 0.414. The highest BCUT2D eigenvalue weighted by molar-refractivity contribution is 5.70. The number of carbonyl (C=O) groups is 1. The third-order valence-electron chi connectivity index (χ3n) is 3.13. The molecule has 4 heteroatoms. The Morgan fingerprint density at radius 1 is 1.50 bits per heavy atom. The zero-order chi connectivity index (χ0) is 11.5. The lowest BCUT2D eigenvalue weighted by Gasteiger charge is -2.37. The third-order valence-corrected chi connectivity index (χ3v) is 3.13. The van der Waals surface area contributed by atoms with Crippen LogP contribution in [0.2, 0.25) is 0 Å². The third kappa shape index (κ3) is 2.51. The zero-order valence-electron chi connectivity index (χ0n) is 9.85. The van der Waals surface area contributed by atoms with Crippen molar-refractivity contribution in [2.45, 2.75) is 19.5 Å². The van der Waals surface area contributed by atoms with E-state index in [-0.39, 0.29) is 0 Å². The van der Waals surface area contributed by atoms with Crippen molar-refractivity contribution in [2.75, 3.05) is 26.7 Å². The highest BCUT2D eigenvalue weighted by Crippen LogP contribution is 2.14. The number of nitrogens with zero attached hydrogens (tertiary/aromatic N) is 2. The summed E-state index contributed by atoms with van der Waals surface area (Å²) in [6.45, 7) is 6.24. The average Bonchev–Trinajstić information content (AvgIpc) is 2.70. The van der Waals surface area contributed by atoms with E-state index in [4.69, 9.17) is 4.42 Å². The van der Waals surface area contributed by atoms with Crippen molar-refractivity contribution in [1.29, 1.82) is 0 Å². The van der Waals surface area contributed by atoms with Crippen LogP contribution in [0, 0.1) is 0 Å². The van der Waals surface area contributed by atoms with Crippen LogP contribution in [0.15, 0.2) is 16.5 Å². The fraction of sp³-hybridized carbons (Fsp3) is 0.583. The predicted molar refractivity (Wildman–Crippen MR) is 61.5 cm³/mol. The minimum absolute atomic E-state index is 0.414. The monoisotopic (exact) mass is 222 g/mol. The molecule has 0 spiro atoms. The Labute approximate surface area is 95.8 Å². The van der Waals surface area contributed by atoms with Crippen LogP contribution in [-0.4, -0.2) is 48.8 Å². The van der Waals surface area contributed by atoms with Gasteiger partial charge in [-0.3, -0.25) is 9.69 Å². The number of rotatable bonds is 3. The number of piperazine rings is 1. The molecule has 1 atom stereocenters. The second kappa shape index (κ2) is 4.80. The molecule has 2 heterocycles. The summed E-state index contributed by atoms with van der Waals surface area (Å²) in [5.74, 6) is 1.29. The molecular formula is C12H18N2O2. The first-order chi connectivity index (χ1) is 7.69. The fourth-order valence-electron chi connectivity index (χ4n) is 2.16. The number of furan rings is 1. The van der Waals surface area contributed by atoms with Crippen LogP contribution < -0.4 is 0 Å². The summed E-state index contributed by atoms with van der Waals surface area (Å²) in [7, 11) is 2.14. The van der Waals surface area contributed by atoms with E-state index >= 15 is 0 Å². The Hall–Kier alpha value is -1.13. The Morgan fingerprint density at radius 3 is 2.94 bits per heavy atom. The summed E-state index contributed by atoms with van der Waals surface area (Å²) in [4.78, 5) is 15.2. The molecule has 0 aromatic carbocycles. The molecule has 1 aliphatic rings. The van der Waals surface area contributed by atoms with Gasteiger partial charge in [-0.15, -0.1) is 0 Å². The number of aldehydes is 1. The molecule has 0 saturated carbocycles. The standard InChI is InChI=1S/C12H18N2O2/c1-10-7-13(2)5-6-14(10)8-11-3-4-12(9-15)16-11/h3-4,9-10H,5-8H2,1-2H3. The van der Waals surface area contributed by atoms with Gasteiger partial charge < -0.3 is 9.32 Å². The molecule has 0 bridgehead atoms. The van der Waals surface area contributed by atoms with Crippen LogP contribution in [0.4, 0.5) is 0 Å². The second-order valence-electron chi connectivity index (χ2n) is 4.50. The van der Waals surface area contributed by atoms with Crippen molar-refractivity contribution >= 4 is 6.29 Å². The van der Waals surface area contributed by atoms with Crippen molar-refractivity contribution in [3.63, 3.8) is 0 Å². The topological polar surface area (TPSA) is 36.7 Å². The highest BCUT2D eigenvalue weighted by atomic mass is 16.3. The van der Waals surface area contributed by atoms with E-state index < -0.39 is 0 Å². The Balaban J connectivity index is 1.96.